The monoisotopic (exact) mass is 523 g/mol. The van der Waals surface area contributed by atoms with Gasteiger partial charge in [-0.3, -0.25) is 0 Å². The number of fused-ring (bicyclic) bond motifs is 1. The Balaban J connectivity index is 1.35. The van der Waals surface area contributed by atoms with Gasteiger partial charge < -0.3 is 20.1 Å². The lowest BCUT2D eigenvalue weighted by atomic mass is 9.77. The Labute approximate surface area is 222 Å². The first-order valence-electron chi connectivity index (χ1n) is 12.9. The zero-order valence-corrected chi connectivity index (χ0v) is 22.7. The molecule has 3 heterocycles. The highest BCUT2D eigenvalue weighted by Crippen LogP contribution is 2.40. The fraction of sp³-hybridized carbons (Fsp3) is 0.310. The highest BCUT2D eigenvalue weighted by molar-refractivity contribution is 7.70. The minimum Gasteiger partial charge on any atom is -0.324 e. The van der Waals surface area contributed by atoms with Gasteiger partial charge in [0, 0.05) is 24.2 Å². The van der Waals surface area contributed by atoms with E-state index < -0.39 is 7.14 Å². The largest absolute Gasteiger partial charge is 0.324 e. The van der Waals surface area contributed by atoms with Crippen LogP contribution in [0.2, 0.25) is 0 Å². The Kier molecular flexibility index (Phi) is 6.14. The van der Waals surface area contributed by atoms with Crippen LogP contribution in [-0.4, -0.2) is 46.8 Å². The molecule has 0 radical (unpaired) electrons. The number of nitrogens with zero attached hydrogens (tertiary/aromatic N) is 5. The zero-order chi connectivity index (χ0) is 26.4. The maximum atomic E-state index is 13.0. The summed E-state index contributed by atoms with van der Waals surface area (Å²) in [6.45, 7) is 5.48. The van der Waals surface area contributed by atoms with Crippen LogP contribution in [0.3, 0.4) is 0 Å². The van der Waals surface area contributed by atoms with Crippen molar-refractivity contribution in [1.29, 1.82) is 5.26 Å². The van der Waals surface area contributed by atoms with Crippen molar-refractivity contribution in [2.24, 2.45) is 0 Å². The summed E-state index contributed by atoms with van der Waals surface area (Å²) in [6, 6.07) is 16.2. The summed E-state index contributed by atoms with van der Waals surface area (Å²) in [5, 5.41) is 18.1. The second-order valence-corrected chi connectivity index (χ2v) is 13.8. The quantitative estimate of drug-likeness (QED) is 0.331. The van der Waals surface area contributed by atoms with Crippen molar-refractivity contribution in [1.82, 2.24) is 19.9 Å². The van der Waals surface area contributed by atoms with Gasteiger partial charge in [-0.1, -0.05) is 24.3 Å². The molecular formula is C29H30N7OP. The van der Waals surface area contributed by atoms with Crippen molar-refractivity contribution >= 4 is 46.6 Å². The van der Waals surface area contributed by atoms with Gasteiger partial charge in [0.2, 0.25) is 5.95 Å². The number of aryl methyl sites for hydroxylation is 1. The molecule has 2 aliphatic rings. The Morgan fingerprint density at radius 1 is 1.11 bits per heavy atom. The minimum atomic E-state index is -2.66. The van der Waals surface area contributed by atoms with E-state index in [0.717, 1.165) is 36.0 Å². The van der Waals surface area contributed by atoms with E-state index in [-0.39, 0.29) is 0 Å². The van der Waals surface area contributed by atoms with Crippen LogP contribution in [0.25, 0.3) is 10.8 Å². The lowest BCUT2D eigenvalue weighted by Crippen LogP contribution is -2.33. The Hall–Kier alpha value is -3.79. The van der Waals surface area contributed by atoms with Crippen LogP contribution in [0.1, 0.15) is 41.0 Å². The van der Waals surface area contributed by atoms with Crippen molar-refractivity contribution in [3.63, 3.8) is 0 Å². The van der Waals surface area contributed by atoms with E-state index in [0.29, 0.717) is 34.5 Å². The fourth-order valence-corrected chi connectivity index (χ4v) is 6.97. The van der Waals surface area contributed by atoms with Crippen LogP contribution in [0.15, 0.2) is 48.7 Å². The highest BCUT2D eigenvalue weighted by Gasteiger charge is 2.29. The molecule has 0 bridgehead atoms. The zero-order valence-electron chi connectivity index (χ0n) is 21.8. The van der Waals surface area contributed by atoms with Gasteiger partial charge in [0.05, 0.1) is 6.20 Å². The molecule has 8 nitrogen and oxygen atoms in total. The molecule has 0 saturated heterocycles. The third-order valence-electron chi connectivity index (χ3n) is 7.37. The van der Waals surface area contributed by atoms with E-state index in [9.17, 15) is 9.83 Å². The van der Waals surface area contributed by atoms with Gasteiger partial charge in [-0.05, 0) is 85.8 Å². The Morgan fingerprint density at radius 3 is 2.74 bits per heavy atom. The number of hydrogen-bond donors (Lipinski definition) is 2. The first-order chi connectivity index (χ1) is 18.3. The molecule has 9 heteroatoms. The molecule has 192 valence electrons. The van der Waals surface area contributed by atoms with Crippen molar-refractivity contribution in [3.05, 3.63) is 70.9 Å². The average molecular weight is 524 g/mol. The van der Waals surface area contributed by atoms with Crippen LogP contribution in [0, 0.1) is 11.3 Å². The number of rotatable bonds is 5. The third kappa shape index (κ3) is 4.64. The van der Waals surface area contributed by atoms with Crippen molar-refractivity contribution in [2.75, 3.05) is 37.6 Å². The topological polar surface area (TPSA) is 107 Å². The van der Waals surface area contributed by atoms with Gasteiger partial charge in [0.15, 0.2) is 5.82 Å². The first kappa shape index (κ1) is 24.5. The summed E-state index contributed by atoms with van der Waals surface area (Å²) in [5.74, 6) is 1.84. The number of hydrogen-bond acceptors (Lipinski definition) is 8. The number of anilines is 4. The highest BCUT2D eigenvalue weighted by atomic mass is 31.2. The van der Waals surface area contributed by atoms with Crippen LogP contribution < -0.4 is 16.1 Å². The number of likely N-dealkylation sites (N-methyl/N-ethyl adjacent to an activating group) is 1. The van der Waals surface area contributed by atoms with Gasteiger partial charge >= 0.3 is 0 Å². The predicted octanol–water partition coefficient (Wildman–Crippen LogP) is 5.50. The first-order valence-corrected chi connectivity index (χ1v) is 15.5. The van der Waals surface area contributed by atoms with E-state index >= 15 is 0 Å². The maximum Gasteiger partial charge on any atom is 0.229 e. The lowest BCUT2D eigenvalue weighted by Gasteiger charge is -2.37. The van der Waals surface area contributed by atoms with Gasteiger partial charge in [0.25, 0.3) is 0 Å². The molecule has 1 unspecified atom stereocenters. The summed E-state index contributed by atoms with van der Waals surface area (Å²) in [4.78, 5) is 16.1. The molecule has 38 heavy (non-hydrogen) atoms. The van der Waals surface area contributed by atoms with Gasteiger partial charge in [-0.2, -0.15) is 10.2 Å². The molecular weight excluding hydrogens is 493 g/mol. The minimum absolute atomic E-state index is 0.299. The molecule has 0 saturated carbocycles. The van der Waals surface area contributed by atoms with Crippen LogP contribution in [0.5, 0.6) is 0 Å². The number of nitrogens with one attached hydrogen (secondary N) is 2. The summed E-state index contributed by atoms with van der Waals surface area (Å²) in [5.41, 5.74) is 6.12. The van der Waals surface area contributed by atoms with Crippen LogP contribution in [-0.2, 0) is 17.5 Å². The summed E-state index contributed by atoms with van der Waals surface area (Å²) in [7, 11) is -0.474. The average Bonchev–Trinajstić information content (AvgIpc) is 2.88. The van der Waals surface area contributed by atoms with Crippen molar-refractivity contribution in [2.45, 2.75) is 31.7 Å². The van der Waals surface area contributed by atoms with E-state index in [1.165, 1.54) is 35.7 Å². The molecule has 4 aromatic rings. The Bertz CT molecular complexity index is 1660. The Morgan fingerprint density at radius 2 is 1.92 bits per heavy atom. The summed E-state index contributed by atoms with van der Waals surface area (Å²) in [6.07, 6.45) is 5.06. The van der Waals surface area contributed by atoms with Crippen molar-refractivity contribution in [3.8, 4) is 6.07 Å². The number of nitriles is 1. The molecule has 0 spiro atoms. The molecule has 2 aromatic heterocycles. The number of benzene rings is 2. The SMILES string of the molecule is CN1Cc2cc(Nc3ncc(C#N)c(Nc4cc5ccccc5c(P(C)(C)=O)n4)n3)cc3c2C(CCC3)C1. The van der Waals surface area contributed by atoms with E-state index in [4.69, 9.17) is 0 Å². The fourth-order valence-electron chi connectivity index (χ4n) is 5.83. The van der Waals surface area contributed by atoms with E-state index in [1.807, 2.05) is 30.3 Å². The maximum absolute atomic E-state index is 13.0. The molecule has 6 rings (SSSR count). The number of aromatic nitrogens is 3. The van der Waals surface area contributed by atoms with Crippen LogP contribution >= 0.6 is 7.14 Å². The molecule has 1 aliphatic carbocycles. The normalized spacial score (nSPS) is 17.1. The second-order valence-electron chi connectivity index (χ2n) is 10.7. The van der Waals surface area contributed by atoms with Gasteiger partial charge in [-0.25, -0.2) is 9.97 Å². The van der Waals surface area contributed by atoms with Gasteiger partial charge in [-0.15, -0.1) is 0 Å². The predicted molar refractivity (Wildman–Crippen MR) is 153 cm³/mol. The molecule has 2 N–H and O–H groups in total. The van der Waals surface area contributed by atoms with E-state index in [2.05, 4.69) is 55.7 Å². The molecule has 1 aliphatic heterocycles. The lowest BCUT2D eigenvalue weighted by molar-refractivity contribution is 0.266. The molecule has 0 fully saturated rings. The standard InChI is InChI=1S/C29H30N7OP/c1-36-16-20-9-6-8-19-11-23(12-21(17-36)26(19)20)32-29-31-15-22(14-30)27(35-29)33-25-13-18-7-4-5-10-24(18)28(34-25)38(2,3)37/h4-5,7,10-13,15,20H,6,8-9,16-17H2,1-3H3,(H2,31,32,33,34,35). The summed E-state index contributed by atoms with van der Waals surface area (Å²) >= 11 is 0. The van der Waals surface area contributed by atoms with E-state index in [1.54, 1.807) is 13.3 Å². The second kappa shape index (κ2) is 9.50. The third-order valence-corrected chi connectivity index (χ3v) is 8.73. The molecule has 1 atom stereocenters. The van der Waals surface area contributed by atoms with Crippen LogP contribution in [0.4, 0.5) is 23.3 Å². The van der Waals surface area contributed by atoms with Crippen molar-refractivity contribution < 1.29 is 4.57 Å². The number of pyridine rings is 1. The molecule has 0 amide bonds. The summed E-state index contributed by atoms with van der Waals surface area (Å²) < 4.78 is 13.0. The smallest absolute Gasteiger partial charge is 0.229 e. The van der Waals surface area contributed by atoms with Gasteiger partial charge in [0.1, 0.15) is 30.0 Å². The molecule has 2 aromatic carbocycles.